The molecule has 0 bridgehead atoms. The summed E-state index contributed by atoms with van der Waals surface area (Å²) >= 11 is 0. The van der Waals surface area contributed by atoms with Crippen molar-refractivity contribution in [2.24, 2.45) is 5.92 Å². The molecule has 1 aromatic heterocycles. The summed E-state index contributed by atoms with van der Waals surface area (Å²) in [6.07, 6.45) is 5.67. The van der Waals surface area contributed by atoms with E-state index in [0.717, 1.165) is 25.2 Å². The van der Waals surface area contributed by atoms with Crippen LogP contribution in [0.25, 0.3) is 0 Å². The summed E-state index contributed by atoms with van der Waals surface area (Å²) in [6, 6.07) is 0.259. The quantitative estimate of drug-likeness (QED) is 0.785. The van der Waals surface area contributed by atoms with Gasteiger partial charge >= 0.3 is 0 Å². The smallest absolute Gasteiger partial charge is 0.222 e. The maximum Gasteiger partial charge on any atom is 0.222 e. The molecule has 1 amide bonds. The summed E-state index contributed by atoms with van der Waals surface area (Å²) in [7, 11) is 0. The Morgan fingerprint density at radius 1 is 1.67 bits per heavy atom. The third-order valence-corrected chi connectivity index (χ3v) is 2.82. The highest BCUT2D eigenvalue weighted by Crippen LogP contribution is 2.13. The highest BCUT2D eigenvalue weighted by atomic mass is 16.1. The van der Waals surface area contributed by atoms with Crippen LogP contribution in [-0.2, 0) is 17.8 Å². The highest BCUT2D eigenvalue weighted by Gasteiger charge is 2.21. The molecule has 15 heavy (non-hydrogen) atoms. The Bertz CT molecular complexity index is 356. The van der Waals surface area contributed by atoms with Gasteiger partial charge in [-0.1, -0.05) is 13.8 Å². The number of imidazole rings is 1. The second-order valence-electron chi connectivity index (χ2n) is 4.39. The van der Waals surface area contributed by atoms with Gasteiger partial charge in [-0.05, 0) is 6.42 Å². The number of nitrogens with one attached hydrogen (secondary N) is 1. The molecule has 0 radical (unpaired) electrons. The van der Waals surface area contributed by atoms with Gasteiger partial charge in [0.25, 0.3) is 0 Å². The van der Waals surface area contributed by atoms with Crippen LogP contribution in [0.1, 0.15) is 26.1 Å². The Labute approximate surface area is 89.7 Å². The molecule has 1 aliphatic heterocycles. The number of hydrogen-bond acceptors (Lipinski definition) is 2. The van der Waals surface area contributed by atoms with E-state index in [1.165, 1.54) is 0 Å². The average molecular weight is 207 g/mol. The number of hydrogen-bond donors (Lipinski definition) is 1. The van der Waals surface area contributed by atoms with Gasteiger partial charge in [-0.15, -0.1) is 0 Å². The predicted octanol–water partition coefficient (Wildman–Crippen LogP) is 0.970. The van der Waals surface area contributed by atoms with E-state index >= 15 is 0 Å². The summed E-state index contributed by atoms with van der Waals surface area (Å²) in [5, 5.41) is 3.06. The van der Waals surface area contributed by atoms with Crippen LogP contribution in [0.2, 0.25) is 0 Å². The van der Waals surface area contributed by atoms with Gasteiger partial charge in [0.1, 0.15) is 5.82 Å². The van der Waals surface area contributed by atoms with Crippen molar-refractivity contribution in [3.05, 3.63) is 18.2 Å². The zero-order chi connectivity index (χ0) is 10.8. The van der Waals surface area contributed by atoms with Crippen molar-refractivity contribution < 1.29 is 4.79 Å². The molecule has 1 atom stereocenters. The maximum absolute atomic E-state index is 11.5. The molecule has 0 spiro atoms. The van der Waals surface area contributed by atoms with E-state index < -0.39 is 0 Å². The summed E-state index contributed by atoms with van der Waals surface area (Å²) in [5.41, 5.74) is 0. The predicted molar refractivity (Wildman–Crippen MR) is 57.3 cm³/mol. The Morgan fingerprint density at radius 2 is 2.47 bits per heavy atom. The first-order chi connectivity index (χ1) is 7.16. The molecule has 1 aromatic rings. The standard InChI is InChI=1S/C11H17N3O/c1-8(2)11(15)13-9-3-5-14-6-4-12-10(14)7-9/h4,6,8-9H,3,5,7H2,1-2H3,(H,13,15). The monoisotopic (exact) mass is 207 g/mol. The van der Waals surface area contributed by atoms with Crippen LogP contribution in [0, 0.1) is 5.92 Å². The van der Waals surface area contributed by atoms with Crippen LogP contribution in [0.15, 0.2) is 12.4 Å². The fourth-order valence-corrected chi connectivity index (χ4v) is 1.84. The van der Waals surface area contributed by atoms with Gasteiger partial charge in [0.15, 0.2) is 0 Å². The van der Waals surface area contributed by atoms with Crippen molar-refractivity contribution >= 4 is 5.91 Å². The Balaban J connectivity index is 1.96. The molecule has 0 saturated carbocycles. The Hall–Kier alpha value is -1.32. The molecule has 0 aromatic carbocycles. The number of carbonyl (C=O) groups excluding carboxylic acids is 1. The van der Waals surface area contributed by atoms with Crippen LogP contribution in [0.4, 0.5) is 0 Å². The Morgan fingerprint density at radius 3 is 3.20 bits per heavy atom. The number of aromatic nitrogens is 2. The molecular formula is C11H17N3O. The first-order valence-corrected chi connectivity index (χ1v) is 5.47. The first kappa shape index (κ1) is 10.2. The van der Waals surface area contributed by atoms with Crippen LogP contribution < -0.4 is 5.32 Å². The van der Waals surface area contributed by atoms with Crippen LogP contribution in [0.3, 0.4) is 0 Å². The molecule has 82 valence electrons. The third kappa shape index (κ3) is 2.19. The molecule has 2 rings (SSSR count). The number of rotatable bonds is 2. The Kier molecular flexibility index (Phi) is 2.75. The minimum absolute atomic E-state index is 0.0617. The first-order valence-electron chi connectivity index (χ1n) is 5.47. The second kappa shape index (κ2) is 4.04. The van der Waals surface area contributed by atoms with Gasteiger partial charge < -0.3 is 9.88 Å². The summed E-state index contributed by atoms with van der Waals surface area (Å²) in [5.74, 6) is 1.28. The molecule has 0 saturated heterocycles. The SMILES string of the molecule is CC(C)C(=O)NC1CCn2ccnc2C1. The molecule has 1 unspecified atom stereocenters. The van der Waals surface area contributed by atoms with Crippen LogP contribution in [-0.4, -0.2) is 21.5 Å². The third-order valence-electron chi connectivity index (χ3n) is 2.82. The lowest BCUT2D eigenvalue weighted by Gasteiger charge is -2.25. The van der Waals surface area contributed by atoms with Crippen molar-refractivity contribution in [2.45, 2.75) is 39.3 Å². The van der Waals surface area contributed by atoms with E-state index in [0.29, 0.717) is 0 Å². The fraction of sp³-hybridized carbons (Fsp3) is 0.636. The highest BCUT2D eigenvalue weighted by molar-refractivity contribution is 5.78. The van der Waals surface area contributed by atoms with Crippen molar-refractivity contribution in [2.75, 3.05) is 0 Å². The topological polar surface area (TPSA) is 46.9 Å². The maximum atomic E-state index is 11.5. The number of aryl methyl sites for hydroxylation is 1. The molecule has 0 fully saturated rings. The lowest BCUT2D eigenvalue weighted by atomic mass is 10.1. The van der Waals surface area contributed by atoms with E-state index in [4.69, 9.17) is 0 Å². The molecule has 1 N–H and O–H groups in total. The van der Waals surface area contributed by atoms with Gasteiger partial charge in [0.05, 0.1) is 0 Å². The normalized spacial score (nSPS) is 20.1. The van der Waals surface area contributed by atoms with Gasteiger partial charge in [0.2, 0.25) is 5.91 Å². The van der Waals surface area contributed by atoms with E-state index in [9.17, 15) is 4.79 Å². The van der Waals surface area contributed by atoms with Crippen molar-refractivity contribution in [3.63, 3.8) is 0 Å². The molecule has 0 aliphatic carbocycles. The van der Waals surface area contributed by atoms with Gasteiger partial charge in [-0.2, -0.15) is 0 Å². The lowest BCUT2D eigenvalue weighted by Crippen LogP contribution is -2.41. The zero-order valence-electron chi connectivity index (χ0n) is 9.23. The number of fused-ring (bicyclic) bond motifs is 1. The van der Waals surface area contributed by atoms with Crippen LogP contribution >= 0.6 is 0 Å². The van der Waals surface area contributed by atoms with E-state index in [-0.39, 0.29) is 17.9 Å². The molecule has 2 heterocycles. The minimum atomic E-state index is 0.0617. The molecule has 1 aliphatic rings. The molecule has 4 nitrogen and oxygen atoms in total. The van der Waals surface area contributed by atoms with Crippen molar-refractivity contribution in [1.29, 1.82) is 0 Å². The van der Waals surface area contributed by atoms with E-state index in [1.54, 1.807) is 0 Å². The largest absolute Gasteiger partial charge is 0.353 e. The summed E-state index contributed by atoms with van der Waals surface area (Å²) < 4.78 is 2.15. The van der Waals surface area contributed by atoms with E-state index in [1.807, 2.05) is 26.2 Å². The number of carbonyl (C=O) groups is 1. The lowest BCUT2D eigenvalue weighted by molar-refractivity contribution is -0.124. The van der Waals surface area contributed by atoms with Crippen LogP contribution in [0.5, 0.6) is 0 Å². The fourth-order valence-electron chi connectivity index (χ4n) is 1.84. The number of nitrogens with zero attached hydrogens (tertiary/aromatic N) is 2. The van der Waals surface area contributed by atoms with Crippen molar-refractivity contribution in [1.82, 2.24) is 14.9 Å². The summed E-state index contributed by atoms with van der Waals surface area (Å²) in [4.78, 5) is 15.8. The zero-order valence-corrected chi connectivity index (χ0v) is 9.23. The van der Waals surface area contributed by atoms with Gasteiger partial charge in [-0.25, -0.2) is 4.98 Å². The number of amides is 1. The van der Waals surface area contributed by atoms with Crippen molar-refractivity contribution in [3.8, 4) is 0 Å². The minimum Gasteiger partial charge on any atom is -0.353 e. The summed E-state index contributed by atoms with van der Waals surface area (Å²) in [6.45, 7) is 4.79. The second-order valence-corrected chi connectivity index (χ2v) is 4.39. The van der Waals surface area contributed by atoms with E-state index in [2.05, 4.69) is 14.9 Å². The molecular weight excluding hydrogens is 190 g/mol. The van der Waals surface area contributed by atoms with Gasteiger partial charge in [-0.3, -0.25) is 4.79 Å². The van der Waals surface area contributed by atoms with Gasteiger partial charge in [0, 0.05) is 37.3 Å². The average Bonchev–Trinajstić information content (AvgIpc) is 2.64. The molecule has 4 heteroatoms.